The fraction of sp³-hybridized carbons (Fsp3) is 0.857. The normalized spacial score (nSPS) is 10.2. The van der Waals surface area contributed by atoms with Crippen molar-refractivity contribution in [2.45, 2.75) is 72.1 Å². The van der Waals surface area contributed by atoms with Crippen LogP contribution in [0.15, 0.2) is 0 Å². The van der Waals surface area contributed by atoms with Crippen molar-refractivity contribution in [1.82, 2.24) is 0 Å². The van der Waals surface area contributed by atoms with E-state index in [1.807, 2.05) is 13.8 Å². The van der Waals surface area contributed by atoms with Crippen molar-refractivity contribution < 1.29 is 50.8 Å². The minimum absolute atomic E-state index is 0. The number of rotatable bonds is 9. The topological polar surface area (TPSA) is 80.3 Å². The largest absolute Gasteiger partial charge is 2.00 e. The van der Waals surface area contributed by atoms with E-state index >= 15 is 0 Å². The number of hydrogen-bond acceptors (Lipinski definition) is 4. The third kappa shape index (κ3) is 24.2. The Hall–Kier alpha value is 1.20. The second kappa shape index (κ2) is 22.5. The van der Waals surface area contributed by atoms with E-state index in [0.29, 0.717) is 6.42 Å². The molecule has 0 spiro atoms. The molecule has 0 fully saturated rings. The van der Waals surface area contributed by atoms with Crippen LogP contribution in [0.1, 0.15) is 73.6 Å². The summed E-state index contributed by atoms with van der Waals surface area (Å²) in [5.74, 6) is -2.05. The van der Waals surface area contributed by atoms with E-state index in [1.54, 1.807) is 0 Å². The van der Waals surface area contributed by atoms with E-state index in [9.17, 15) is 19.8 Å². The van der Waals surface area contributed by atoms with Gasteiger partial charge in [-0.3, -0.25) is 0 Å². The van der Waals surface area contributed by atoms with Crippen LogP contribution in [0.4, 0.5) is 0 Å². The number of carboxylic acid groups (broad SMARTS) is 2. The van der Waals surface area contributed by atoms with Crippen LogP contribution in [0.5, 0.6) is 0 Å². The van der Waals surface area contributed by atoms with E-state index in [-0.39, 0.29) is 81.1 Å². The molecule has 0 aromatic carbocycles. The van der Waals surface area contributed by atoms with Gasteiger partial charge < -0.3 is 21.2 Å². The van der Waals surface area contributed by atoms with Crippen molar-refractivity contribution >= 4 is 49.7 Å². The maximum absolute atomic E-state index is 10.3. The molecule has 0 bridgehead atoms. The summed E-state index contributed by atoms with van der Waals surface area (Å²) in [7, 11) is 0. The van der Waals surface area contributed by atoms with Gasteiger partial charge >= 0.3 is 67.3 Å². The summed E-state index contributed by atoms with van der Waals surface area (Å²) in [4.78, 5) is 20.1. The smallest absolute Gasteiger partial charge is 1.00 e. The Morgan fingerprint density at radius 2 is 1.50 bits per heavy atom. The van der Waals surface area contributed by atoms with Crippen LogP contribution in [-0.2, 0) is 9.59 Å². The Kier molecular flexibility index (Phi) is 32.9. The van der Waals surface area contributed by atoms with Crippen LogP contribution in [0, 0.1) is 5.92 Å². The van der Waals surface area contributed by atoms with Gasteiger partial charge in [-0.15, -0.1) is 0 Å². The maximum Gasteiger partial charge on any atom is 2.00 e. The van der Waals surface area contributed by atoms with E-state index in [2.05, 4.69) is 6.92 Å². The van der Waals surface area contributed by atoms with E-state index in [4.69, 9.17) is 0 Å². The van der Waals surface area contributed by atoms with Crippen molar-refractivity contribution in [2.24, 2.45) is 5.92 Å². The van der Waals surface area contributed by atoms with Crippen LogP contribution in [0.3, 0.4) is 0 Å². The first-order chi connectivity index (χ1) is 8.49. The molecular formula is C14H27CaNaO4. The zero-order valence-corrected chi connectivity index (χ0v) is 17.8. The van der Waals surface area contributed by atoms with E-state index in [1.165, 1.54) is 0 Å². The number of carbonyl (C=O) groups excluding carboxylic acids is 2. The summed E-state index contributed by atoms with van der Waals surface area (Å²) in [6, 6.07) is 0. The molecule has 0 heterocycles. The van der Waals surface area contributed by atoms with E-state index in [0.717, 1.165) is 38.5 Å². The third-order valence-corrected chi connectivity index (χ3v) is 2.72. The molecule has 0 aromatic rings. The Labute approximate surface area is 176 Å². The van der Waals surface area contributed by atoms with Crippen molar-refractivity contribution in [3.63, 3.8) is 0 Å². The fourth-order valence-electron chi connectivity index (χ4n) is 1.46. The zero-order valence-electron chi connectivity index (χ0n) is 14.6. The molecule has 0 amide bonds. The fourth-order valence-corrected chi connectivity index (χ4v) is 1.46. The molecule has 0 aliphatic carbocycles. The molecule has 20 heavy (non-hydrogen) atoms. The monoisotopic (exact) mass is 322 g/mol. The second-order valence-corrected chi connectivity index (χ2v) is 4.40. The van der Waals surface area contributed by atoms with Crippen LogP contribution < -0.4 is 39.8 Å². The van der Waals surface area contributed by atoms with Gasteiger partial charge in [0.1, 0.15) is 0 Å². The van der Waals surface area contributed by atoms with Gasteiger partial charge in [-0.05, 0) is 31.6 Å². The molecule has 0 radical (unpaired) electrons. The number of hydrogen-bond donors (Lipinski definition) is 0. The predicted molar refractivity (Wildman–Crippen MR) is 74.3 cm³/mol. The van der Waals surface area contributed by atoms with Gasteiger partial charge in [-0.25, -0.2) is 0 Å². The summed E-state index contributed by atoms with van der Waals surface area (Å²) >= 11 is 0. The molecular weight excluding hydrogens is 295 g/mol. The molecule has 0 N–H and O–H groups in total. The average Bonchev–Trinajstić information content (AvgIpc) is 2.30. The van der Waals surface area contributed by atoms with Gasteiger partial charge in [-0.2, -0.15) is 0 Å². The zero-order chi connectivity index (χ0) is 14.4. The minimum Gasteiger partial charge on any atom is -1.00 e. The molecule has 6 heteroatoms. The van der Waals surface area contributed by atoms with Crippen molar-refractivity contribution in [1.29, 1.82) is 0 Å². The standard InChI is InChI=1S/C8H16O2.C6H12O2.Ca.Na.H/c1-3-5-6-7(4-2)8(9)10;1-2-3-4-5-6(7)8;;;/h7H,3-6H2,1-2H3,(H,9,10);2-5H2,1H3,(H,7,8);;;/q;;+2;+1;-1/p-2. The van der Waals surface area contributed by atoms with Crippen LogP contribution in [0.2, 0.25) is 0 Å². The molecule has 0 saturated heterocycles. The summed E-state index contributed by atoms with van der Waals surface area (Å²) in [5, 5.41) is 20.1. The first-order valence-corrected chi connectivity index (χ1v) is 6.90. The molecule has 110 valence electrons. The molecule has 1 unspecified atom stereocenters. The van der Waals surface area contributed by atoms with Crippen LogP contribution >= 0.6 is 0 Å². The SMILES string of the molecule is CCCCC(CC)C(=O)[O-].CCCCCC(=O)[O-].[Ca+2].[H-].[Na+]. The number of unbranched alkanes of at least 4 members (excludes halogenated alkanes) is 3. The molecule has 0 saturated carbocycles. The Balaban J connectivity index is -0.0000000724. The number of carbonyl (C=O) groups is 2. The maximum atomic E-state index is 10.3. The molecule has 0 aromatic heterocycles. The van der Waals surface area contributed by atoms with Crippen molar-refractivity contribution in [3.8, 4) is 0 Å². The third-order valence-electron chi connectivity index (χ3n) is 2.72. The second-order valence-electron chi connectivity index (χ2n) is 4.40. The van der Waals surface area contributed by atoms with Gasteiger partial charge in [0.25, 0.3) is 0 Å². The average molecular weight is 322 g/mol. The number of carboxylic acids is 2. The predicted octanol–water partition coefficient (Wildman–Crippen LogP) is -1.99. The molecule has 0 aliphatic rings. The van der Waals surface area contributed by atoms with Gasteiger partial charge in [0.2, 0.25) is 0 Å². The first kappa shape index (κ1) is 29.2. The summed E-state index contributed by atoms with van der Waals surface area (Å²) < 4.78 is 0. The molecule has 0 rings (SSSR count). The van der Waals surface area contributed by atoms with Gasteiger partial charge in [-0.1, -0.05) is 46.5 Å². The van der Waals surface area contributed by atoms with Gasteiger partial charge in [0.15, 0.2) is 0 Å². The Morgan fingerprint density at radius 3 is 1.80 bits per heavy atom. The Bertz CT molecular complexity index is 231. The van der Waals surface area contributed by atoms with Crippen molar-refractivity contribution in [3.05, 3.63) is 0 Å². The number of aliphatic carboxylic acids is 2. The Morgan fingerprint density at radius 1 is 1.00 bits per heavy atom. The van der Waals surface area contributed by atoms with Crippen molar-refractivity contribution in [2.75, 3.05) is 0 Å². The molecule has 4 nitrogen and oxygen atoms in total. The van der Waals surface area contributed by atoms with Gasteiger partial charge in [0.05, 0.1) is 0 Å². The quantitative estimate of drug-likeness (QED) is 0.363. The minimum atomic E-state index is -0.932. The summed E-state index contributed by atoms with van der Waals surface area (Å²) in [6.45, 7) is 5.98. The molecule has 0 aliphatic heterocycles. The summed E-state index contributed by atoms with van der Waals surface area (Å²) in [5.41, 5.74) is 0. The first-order valence-electron chi connectivity index (χ1n) is 6.90. The van der Waals surface area contributed by atoms with Crippen LogP contribution in [-0.4, -0.2) is 49.7 Å². The van der Waals surface area contributed by atoms with E-state index < -0.39 is 11.9 Å². The summed E-state index contributed by atoms with van der Waals surface area (Å²) in [6.07, 6.45) is 6.56. The van der Waals surface area contributed by atoms with Crippen LogP contribution in [0.25, 0.3) is 0 Å². The molecule has 1 atom stereocenters. The van der Waals surface area contributed by atoms with Gasteiger partial charge in [0, 0.05) is 11.9 Å².